The van der Waals surface area contributed by atoms with E-state index in [1.54, 1.807) is 18.8 Å². The van der Waals surface area contributed by atoms with E-state index in [9.17, 15) is 4.79 Å². The Morgan fingerprint density at radius 1 is 1.04 bits per heavy atom. The molecule has 1 heterocycles. The van der Waals surface area contributed by atoms with Gasteiger partial charge in [-0.3, -0.25) is 0 Å². The predicted molar refractivity (Wildman–Crippen MR) is 98.4 cm³/mol. The quantitative estimate of drug-likeness (QED) is 0.685. The summed E-state index contributed by atoms with van der Waals surface area (Å²) in [6.07, 6.45) is 2.16. The number of para-hydroxylation sites is 1. The van der Waals surface area contributed by atoms with Crippen LogP contribution in [0, 0.1) is 0 Å². The first-order valence-electron chi connectivity index (χ1n) is 8.66. The SMILES string of the molecule is COc1cc(Cn2nc(C3CC3)n(-c3ccccc3)c2=O)cc(OC)c1. The molecule has 1 aliphatic carbocycles. The fourth-order valence-corrected chi connectivity index (χ4v) is 3.08. The van der Waals surface area contributed by atoms with Gasteiger partial charge >= 0.3 is 5.69 Å². The highest BCUT2D eigenvalue weighted by molar-refractivity contribution is 5.39. The molecule has 6 heteroatoms. The fraction of sp³-hybridized carbons (Fsp3) is 0.300. The van der Waals surface area contributed by atoms with Crippen molar-refractivity contribution in [3.63, 3.8) is 0 Å². The van der Waals surface area contributed by atoms with E-state index in [1.807, 2.05) is 48.5 Å². The third-order valence-corrected chi connectivity index (χ3v) is 4.56. The van der Waals surface area contributed by atoms with Crippen LogP contribution in [-0.4, -0.2) is 28.6 Å². The van der Waals surface area contributed by atoms with Crippen molar-refractivity contribution in [2.24, 2.45) is 0 Å². The maximum Gasteiger partial charge on any atom is 0.350 e. The van der Waals surface area contributed by atoms with Crippen molar-refractivity contribution >= 4 is 0 Å². The van der Waals surface area contributed by atoms with Gasteiger partial charge in [0.15, 0.2) is 0 Å². The minimum atomic E-state index is -0.125. The first kappa shape index (κ1) is 16.4. The van der Waals surface area contributed by atoms with Crippen LogP contribution in [0.3, 0.4) is 0 Å². The second-order valence-electron chi connectivity index (χ2n) is 6.46. The van der Waals surface area contributed by atoms with E-state index < -0.39 is 0 Å². The topological polar surface area (TPSA) is 58.3 Å². The minimum Gasteiger partial charge on any atom is -0.497 e. The monoisotopic (exact) mass is 351 g/mol. The number of methoxy groups -OCH3 is 2. The van der Waals surface area contributed by atoms with Crippen LogP contribution in [0.15, 0.2) is 53.3 Å². The second-order valence-corrected chi connectivity index (χ2v) is 6.46. The predicted octanol–water partition coefficient (Wildman–Crippen LogP) is 2.98. The number of benzene rings is 2. The van der Waals surface area contributed by atoms with Crippen LogP contribution in [0.4, 0.5) is 0 Å². The molecule has 2 aromatic carbocycles. The lowest BCUT2D eigenvalue weighted by Gasteiger charge is -2.08. The molecule has 1 aliphatic rings. The maximum absolute atomic E-state index is 13.0. The van der Waals surface area contributed by atoms with E-state index >= 15 is 0 Å². The number of aromatic nitrogens is 3. The van der Waals surface area contributed by atoms with Crippen LogP contribution in [0.1, 0.15) is 30.1 Å². The molecule has 1 saturated carbocycles. The van der Waals surface area contributed by atoms with Gasteiger partial charge in [0, 0.05) is 12.0 Å². The molecule has 134 valence electrons. The zero-order valence-electron chi connectivity index (χ0n) is 14.9. The van der Waals surface area contributed by atoms with Crippen molar-refractivity contribution in [1.82, 2.24) is 14.3 Å². The number of ether oxygens (including phenoxy) is 2. The van der Waals surface area contributed by atoms with Crippen molar-refractivity contribution in [2.75, 3.05) is 14.2 Å². The molecule has 0 saturated heterocycles. The van der Waals surface area contributed by atoms with Gasteiger partial charge in [-0.15, -0.1) is 0 Å². The first-order valence-corrected chi connectivity index (χ1v) is 8.66. The van der Waals surface area contributed by atoms with Gasteiger partial charge in [-0.1, -0.05) is 18.2 Å². The highest BCUT2D eigenvalue weighted by Crippen LogP contribution is 2.39. The zero-order valence-corrected chi connectivity index (χ0v) is 14.9. The fourth-order valence-electron chi connectivity index (χ4n) is 3.08. The van der Waals surface area contributed by atoms with Crippen LogP contribution in [-0.2, 0) is 6.54 Å². The number of rotatable bonds is 6. The Morgan fingerprint density at radius 2 is 1.69 bits per heavy atom. The van der Waals surface area contributed by atoms with Crippen molar-refractivity contribution in [2.45, 2.75) is 25.3 Å². The van der Waals surface area contributed by atoms with Gasteiger partial charge in [-0.25, -0.2) is 14.0 Å². The summed E-state index contributed by atoms with van der Waals surface area (Å²) in [7, 11) is 3.22. The Kier molecular flexibility index (Phi) is 4.24. The summed E-state index contributed by atoms with van der Waals surface area (Å²) in [6.45, 7) is 0.367. The van der Waals surface area contributed by atoms with E-state index in [1.165, 1.54) is 4.68 Å². The maximum atomic E-state index is 13.0. The molecule has 0 amide bonds. The number of hydrogen-bond donors (Lipinski definition) is 0. The number of hydrogen-bond acceptors (Lipinski definition) is 4. The smallest absolute Gasteiger partial charge is 0.350 e. The molecule has 0 N–H and O–H groups in total. The molecule has 0 aliphatic heterocycles. The molecule has 0 radical (unpaired) electrons. The third kappa shape index (κ3) is 3.10. The summed E-state index contributed by atoms with van der Waals surface area (Å²) in [5, 5.41) is 4.64. The average Bonchev–Trinajstić information content (AvgIpc) is 3.47. The van der Waals surface area contributed by atoms with Gasteiger partial charge in [0.1, 0.15) is 17.3 Å². The third-order valence-electron chi connectivity index (χ3n) is 4.56. The van der Waals surface area contributed by atoms with Crippen molar-refractivity contribution in [3.05, 3.63) is 70.4 Å². The summed E-state index contributed by atoms with van der Waals surface area (Å²) in [5.74, 6) is 2.59. The Balaban J connectivity index is 1.76. The molecule has 1 aromatic heterocycles. The first-order chi connectivity index (χ1) is 12.7. The van der Waals surface area contributed by atoms with E-state index in [0.717, 1.165) is 29.9 Å². The Bertz CT molecular complexity index is 949. The van der Waals surface area contributed by atoms with Crippen molar-refractivity contribution in [3.8, 4) is 17.2 Å². The summed E-state index contributed by atoms with van der Waals surface area (Å²) in [5.41, 5.74) is 1.64. The molecule has 6 nitrogen and oxygen atoms in total. The van der Waals surface area contributed by atoms with Gasteiger partial charge in [-0.05, 0) is 42.7 Å². The highest BCUT2D eigenvalue weighted by Gasteiger charge is 2.31. The van der Waals surface area contributed by atoms with Gasteiger partial charge in [0.2, 0.25) is 0 Å². The molecule has 1 fully saturated rings. The van der Waals surface area contributed by atoms with E-state index in [4.69, 9.17) is 9.47 Å². The Hall–Kier alpha value is -3.02. The van der Waals surface area contributed by atoms with Crippen molar-refractivity contribution < 1.29 is 9.47 Å². The van der Waals surface area contributed by atoms with E-state index in [0.29, 0.717) is 24.0 Å². The molecule has 0 unspecified atom stereocenters. The Morgan fingerprint density at radius 3 is 2.27 bits per heavy atom. The van der Waals surface area contributed by atoms with Crippen LogP contribution in [0.2, 0.25) is 0 Å². The summed E-state index contributed by atoms with van der Waals surface area (Å²) in [6, 6.07) is 15.3. The van der Waals surface area contributed by atoms with Crippen LogP contribution >= 0.6 is 0 Å². The van der Waals surface area contributed by atoms with Crippen LogP contribution in [0.5, 0.6) is 11.5 Å². The van der Waals surface area contributed by atoms with E-state index in [2.05, 4.69) is 5.10 Å². The molecule has 4 rings (SSSR count). The van der Waals surface area contributed by atoms with Crippen LogP contribution in [0.25, 0.3) is 5.69 Å². The normalized spacial score (nSPS) is 13.6. The number of nitrogens with zero attached hydrogens (tertiary/aromatic N) is 3. The van der Waals surface area contributed by atoms with Crippen molar-refractivity contribution in [1.29, 1.82) is 0 Å². The molecular weight excluding hydrogens is 330 g/mol. The molecule has 0 atom stereocenters. The summed E-state index contributed by atoms with van der Waals surface area (Å²) >= 11 is 0. The minimum absolute atomic E-state index is 0.125. The summed E-state index contributed by atoms with van der Waals surface area (Å²) < 4.78 is 13.9. The zero-order chi connectivity index (χ0) is 18.1. The van der Waals surface area contributed by atoms with Gasteiger partial charge in [0.25, 0.3) is 0 Å². The van der Waals surface area contributed by atoms with Gasteiger partial charge in [0.05, 0.1) is 26.5 Å². The summed E-state index contributed by atoms with van der Waals surface area (Å²) in [4.78, 5) is 13.0. The van der Waals surface area contributed by atoms with Gasteiger partial charge in [-0.2, -0.15) is 5.10 Å². The second kappa shape index (κ2) is 6.71. The van der Waals surface area contributed by atoms with Gasteiger partial charge < -0.3 is 9.47 Å². The Labute approximate surface area is 151 Å². The molecule has 3 aromatic rings. The standard InChI is InChI=1S/C20H21N3O3/c1-25-17-10-14(11-18(12-17)26-2)13-22-20(24)23(16-6-4-3-5-7-16)19(21-22)15-8-9-15/h3-7,10-12,15H,8-9,13H2,1-2H3. The lowest BCUT2D eigenvalue weighted by Crippen LogP contribution is -2.24. The molecule has 0 bridgehead atoms. The lowest BCUT2D eigenvalue weighted by atomic mass is 10.2. The molecular formula is C20H21N3O3. The highest BCUT2D eigenvalue weighted by atomic mass is 16.5. The molecule has 0 spiro atoms. The average molecular weight is 351 g/mol. The lowest BCUT2D eigenvalue weighted by molar-refractivity contribution is 0.393. The molecule has 26 heavy (non-hydrogen) atoms. The largest absolute Gasteiger partial charge is 0.497 e. The van der Waals surface area contributed by atoms with Crippen LogP contribution < -0.4 is 15.2 Å². The van der Waals surface area contributed by atoms with E-state index in [-0.39, 0.29) is 5.69 Å².